The first-order chi connectivity index (χ1) is 12.7. The van der Waals surface area contributed by atoms with Crippen molar-refractivity contribution in [2.75, 3.05) is 32.1 Å². The van der Waals surface area contributed by atoms with Crippen molar-refractivity contribution >= 4 is 27.6 Å². The van der Waals surface area contributed by atoms with Gasteiger partial charge in [-0.15, -0.1) is 0 Å². The van der Waals surface area contributed by atoms with Crippen LogP contribution in [0.3, 0.4) is 0 Å². The molecular formula is C20H25BrN4O. The van der Waals surface area contributed by atoms with Crippen LogP contribution in [0.25, 0.3) is 0 Å². The van der Waals surface area contributed by atoms with E-state index in [0.29, 0.717) is 12.6 Å². The maximum Gasteiger partial charge on any atom is 0.191 e. The fourth-order valence-corrected chi connectivity index (χ4v) is 3.39. The second-order valence-electron chi connectivity index (χ2n) is 6.33. The molecule has 26 heavy (non-hydrogen) atoms. The number of guanidine groups is 1. The van der Waals surface area contributed by atoms with Crippen LogP contribution in [0.15, 0.2) is 58.0 Å². The van der Waals surface area contributed by atoms with E-state index >= 15 is 0 Å². The van der Waals surface area contributed by atoms with E-state index in [9.17, 15) is 0 Å². The van der Waals surface area contributed by atoms with Gasteiger partial charge in [0.15, 0.2) is 5.96 Å². The molecule has 0 radical (unpaired) electrons. The lowest BCUT2D eigenvalue weighted by molar-refractivity contribution is 0.414. The minimum absolute atomic E-state index is 0.384. The molecule has 3 rings (SSSR count). The Morgan fingerprint density at radius 3 is 2.81 bits per heavy atom. The third kappa shape index (κ3) is 4.91. The maximum absolute atomic E-state index is 5.27. The zero-order valence-corrected chi connectivity index (χ0v) is 16.8. The fraction of sp³-hybridized carbons (Fsp3) is 0.350. The third-order valence-corrected chi connectivity index (χ3v) is 5.07. The average Bonchev–Trinajstić information content (AvgIpc) is 3.14. The molecule has 2 N–H and O–H groups in total. The van der Waals surface area contributed by atoms with Gasteiger partial charge in [-0.1, -0.05) is 28.1 Å². The van der Waals surface area contributed by atoms with E-state index in [4.69, 9.17) is 4.74 Å². The van der Waals surface area contributed by atoms with Crippen molar-refractivity contribution in [3.8, 4) is 5.75 Å². The molecule has 1 fully saturated rings. The normalized spacial score (nSPS) is 17.3. The molecule has 2 aromatic rings. The lowest BCUT2D eigenvalue weighted by atomic mass is 10.2. The van der Waals surface area contributed by atoms with Gasteiger partial charge in [0, 0.05) is 42.9 Å². The van der Waals surface area contributed by atoms with Crippen molar-refractivity contribution < 1.29 is 4.74 Å². The highest BCUT2D eigenvalue weighted by atomic mass is 79.9. The van der Waals surface area contributed by atoms with Gasteiger partial charge in [-0.3, -0.25) is 4.99 Å². The predicted octanol–water partition coefficient (Wildman–Crippen LogP) is 3.40. The molecule has 0 spiro atoms. The van der Waals surface area contributed by atoms with Gasteiger partial charge >= 0.3 is 0 Å². The first kappa shape index (κ1) is 18.6. The highest BCUT2D eigenvalue weighted by Gasteiger charge is 2.23. The Hall–Kier alpha value is -2.21. The van der Waals surface area contributed by atoms with Gasteiger partial charge < -0.3 is 20.3 Å². The summed E-state index contributed by atoms with van der Waals surface area (Å²) in [5.41, 5.74) is 2.42. The predicted molar refractivity (Wildman–Crippen MR) is 111 cm³/mol. The third-order valence-electron chi connectivity index (χ3n) is 4.54. The van der Waals surface area contributed by atoms with Crippen LogP contribution in [0.5, 0.6) is 5.75 Å². The SMILES string of the molecule is CN=C(NCc1cccc(OC)c1)NC1CCN(c2ccc(Br)cc2)C1. The van der Waals surface area contributed by atoms with Gasteiger partial charge in [-0.25, -0.2) is 0 Å². The van der Waals surface area contributed by atoms with Crippen LogP contribution >= 0.6 is 15.9 Å². The van der Waals surface area contributed by atoms with Crippen molar-refractivity contribution in [1.82, 2.24) is 10.6 Å². The summed E-state index contributed by atoms with van der Waals surface area (Å²) in [4.78, 5) is 6.76. The lowest BCUT2D eigenvalue weighted by Crippen LogP contribution is -2.44. The van der Waals surface area contributed by atoms with Crippen LogP contribution < -0.4 is 20.3 Å². The van der Waals surface area contributed by atoms with Crippen LogP contribution in [0.2, 0.25) is 0 Å². The number of nitrogens with zero attached hydrogens (tertiary/aromatic N) is 2. The Labute approximate surface area is 163 Å². The van der Waals surface area contributed by atoms with Gasteiger partial charge in [0.05, 0.1) is 7.11 Å². The second-order valence-corrected chi connectivity index (χ2v) is 7.25. The van der Waals surface area contributed by atoms with Gasteiger partial charge in [0.1, 0.15) is 5.75 Å². The average molecular weight is 417 g/mol. The quantitative estimate of drug-likeness (QED) is 0.579. The molecule has 0 aromatic heterocycles. The minimum atomic E-state index is 0.384. The summed E-state index contributed by atoms with van der Waals surface area (Å²) in [5, 5.41) is 6.92. The van der Waals surface area contributed by atoms with Crippen molar-refractivity contribution in [2.24, 2.45) is 4.99 Å². The van der Waals surface area contributed by atoms with Crippen LogP contribution in [0.1, 0.15) is 12.0 Å². The minimum Gasteiger partial charge on any atom is -0.497 e. The molecule has 6 heteroatoms. The monoisotopic (exact) mass is 416 g/mol. The Morgan fingerprint density at radius 2 is 2.08 bits per heavy atom. The number of nitrogens with one attached hydrogen (secondary N) is 2. The summed E-state index contributed by atoms with van der Waals surface area (Å²) in [6, 6.07) is 16.9. The molecule has 1 saturated heterocycles. The van der Waals surface area contributed by atoms with Gasteiger partial charge in [-0.05, 0) is 48.4 Å². The first-order valence-electron chi connectivity index (χ1n) is 8.78. The zero-order chi connectivity index (χ0) is 18.4. The summed E-state index contributed by atoms with van der Waals surface area (Å²) in [7, 11) is 3.49. The molecule has 0 saturated carbocycles. The van der Waals surface area contributed by atoms with Crippen LogP contribution in [0.4, 0.5) is 5.69 Å². The molecule has 1 aliphatic rings. The highest BCUT2D eigenvalue weighted by molar-refractivity contribution is 9.10. The number of rotatable bonds is 5. The van der Waals surface area contributed by atoms with Crippen LogP contribution in [-0.4, -0.2) is 39.2 Å². The second kappa shape index (κ2) is 8.94. The number of halogens is 1. The molecule has 0 aliphatic carbocycles. The van der Waals surface area contributed by atoms with E-state index in [1.807, 2.05) is 25.2 Å². The number of methoxy groups -OCH3 is 1. The number of hydrogen-bond donors (Lipinski definition) is 2. The van der Waals surface area contributed by atoms with Gasteiger partial charge in [0.25, 0.3) is 0 Å². The fourth-order valence-electron chi connectivity index (χ4n) is 3.12. The molecule has 138 valence electrons. The highest BCUT2D eigenvalue weighted by Crippen LogP contribution is 2.22. The number of aliphatic imine (C=N–C) groups is 1. The number of benzene rings is 2. The Kier molecular flexibility index (Phi) is 6.39. The summed E-state index contributed by atoms with van der Waals surface area (Å²) in [5.74, 6) is 1.70. The van der Waals surface area contributed by atoms with Gasteiger partial charge in [-0.2, -0.15) is 0 Å². The van der Waals surface area contributed by atoms with E-state index in [0.717, 1.165) is 41.3 Å². The molecule has 1 unspecified atom stereocenters. The maximum atomic E-state index is 5.27. The molecule has 1 aliphatic heterocycles. The Bertz CT molecular complexity index is 748. The van der Waals surface area contributed by atoms with Crippen molar-refractivity contribution in [2.45, 2.75) is 19.0 Å². The molecule has 0 amide bonds. The summed E-state index contributed by atoms with van der Waals surface area (Å²) < 4.78 is 6.38. The molecule has 1 atom stereocenters. The van der Waals surface area contributed by atoms with E-state index in [1.54, 1.807) is 7.11 Å². The number of hydrogen-bond acceptors (Lipinski definition) is 3. The molecule has 5 nitrogen and oxygen atoms in total. The summed E-state index contributed by atoms with van der Waals surface area (Å²) in [6.45, 7) is 2.73. The van der Waals surface area contributed by atoms with E-state index in [2.05, 4.69) is 66.8 Å². The van der Waals surface area contributed by atoms with Gasteiger partial charge in [0.2, 0.25) is 0 Å². The first-order valence-corrected chi connectivity index (χ1v) is 9.58. The van der Waals surface area contributed by atoms with E-state index in [-0.39, 0.29) is 0 Å². The van der Waals surface area contributed by atoms with E-state index < -0.39 is 0 Å². The zero-order valence-electron chi connectivity index (χ0n) is 15.2. The van der Waals surface area contributed by atoms with Crippen molar-refractivity contribution in [3.63, 3.8) is 0 Å². The molecule has 1 heterocycles. The van der Waals surface area contributed by atoms with Crippen molar-refractivity contribution in [3.05, 3.63) is 58.6 Å². The lowest BCUT2D eigenvalue weighted by Gasteiger charge is -2.20. The largest absolute Gasteiger partial charge is 0.497 e. The smallest absolute Gasteiger partial charge is 0.191 e. The summed E-state index contributed by atoms with van der Waals surface area (Å²) >= 11 is 3.49. The Morgan fingerprint density at radius 1 is 1.27 bits per heavy atom. The van der Waals surface area contributed by atoms with Crippen molar-refractivity contribution in [1.29, 1.82) is 0 Å². The number of ether oxygens (including phenoxy) is 1. The molecular weight excluding hydrogens is 392 g/mol. The van der Waals surface area contributed by atoms with E-state index in [1.165, 1.54) is 5.69 Å². The van der Waals surface area contributed by atoms with Crippen LogP contribution in [-0.2, 0) is 6.54 Å². The topological polar surface area (TPSA) is 48.9 Å². The number of anilines is 1. The molecule has 0 bridgehead atoms. The van der Waals surface area contributed by atoms with Crippen LogP contribution in [0, 0.1) is 0 Å². The Balaban J connectivity index is 1.51. The molecule has 2 aromatic carbocycles. The summed E-state index contributed by atoms with van der Waals surface area (Å²) in [6.07, 6.45) is 1.09. The standard InChI is InChI=1S/C20H25BrN4O/c1-22-20(23-13-15-4-3-5-19(12-15)26-2)24-17-10-11-25(14-17)18-8-6-16(21)7-9-18/h3-9,12,17H,10-11,13-14H2,1-2H3,(H2,22,23,24).